The number of benzene rings is 2. The van der Waals surface area contributed by atoms with Gasteiger partial charge >= 0.3 is 0 Å². The molecule has 6 nitrogen and oxygen atoms in total. The van der Waals surface area contributed by atoms with Gasteiger partial charge in [-0.15, -0.1) is 0 Å². The topological polar surface area (TPSA) is 46.9 Å². The predicted molar refractivity (Wildman–Crippen MR) is 140 cm³/mol. The predicted octanol–water partition coefficient (Wildman–Crippen LogP) is 4.75. The van der Waals surface area contributed by atoms with Gasteiger partial charge in [-0.25, -0.2) is 4.39 Å². The maximum absolute atomic E-state index is 15.3. The Labute approximate surface area is 211 Å². The molecule has 3 aliphatic heterocycles. The molecule has 3 aromatic rings. The zero-order valence-electron chi connectivity index (χ0n) is 20.7. The zero-order valence-corrected chi connectivity index (χ0v) is 20.7. The molecule has 36 heavy (non-hydrogen) atoms. The summed E-state index contributed by atoms with van der Waals surface area (Å²) in [5.41, 5.74) is 0.991. The summed E-state index contributed by atoms with van der Waals surface area (Å²) in [6.45, 7) is 5.36. The second kappa shape index (κ2) is 10.2. The highest BCUT2D eigenvalue weighted by Gasteiger charge is 2.29. The van der Waals surface area contributed by atoms with E-state index in [9.17, 15) is 4.79 Å². The summed E-state index contributed by atoms with van der Waals surface area (Å²) in [6.07, 6.45) is 8.88. The average Bonchev–Trinajstić information content (AvgIpc) is 3.61. The van der Waals surface area contributed by atoms with Gasteiger partial charge in [0.15, 0.2) is 0 Å². The normalized spacial score (nSPS) is 23.0. The Morgan fingerprint density at radius 2 is 1.86 bits per heavy atom. The molecule has 190 valence electrons. The molecule has 2 aromatic carbocycles. The third kappa shape index (κ3) is 4.74. The van der Waals surface area contributed by atoms with Crippen molar-refractivity contribution in [3.05, 3.63) is 64.8 Å². The van der Waals surface area contributed by atoms with E-state index in [4.69, 9.17) is 9.47 Å². The van der Waals surface area contributed by atoms with Crippen molar-refractivity contribution in [1.29, 1.82) is 0 Å². The molecule has 0 radical (unpaired) electrons. The van der Waals surface area contributed by atoms with E-state index in [1.807, 2.05) is 30.3 Å². The van der Waals surface area contributed by atoms with E-state index in [0.29, 0.717) is 29.4 Å². The average molecular weight is 492 g/mol. The van der Waals surface area contributed by atoms with E-state index in [0.717, 1.165) is 63.2 Å². The van der Waals surface area contributed by atoms with Gasteiger partial charge in [0.1, 0.15) is 18.2 Å². The fourth-order valence-corrected chi connectivity index (χ4v) is 5.93. The first kappa shape index (κ1) is 23.5. The van der Waals surface area contributed by atoms with Gasteiger partial charge in [-0.3, -0.25) is 14.3 Å². The molecule has 0 bridgehead atoms. The Kier molecular flexibility index (Phi) is 6.67. The Morgan fingerprint density at radius 1 is 0.972 bits per heavy atom. The molecular formula is C29H34FN3O3. The minimum Gasteiger partial charge on any atom is -0.491 e. The summed E-state index contributed by atoms with van der Waals surface area (Å²) < 4.78 is 28.3. The third-order valence-corrected chi connectivity index (χ3v) is 7.96. The summed E-state index contributed by atoms with van der Waals surface area (Å²) in [6, 6.07) is 13.0. The number of likely N-dealkylation sites (tertiary alicyclic amines) is 1. The largest absolute Gasteiger partial charge is 0.491 e. The lowest BCUT2D eigenvalue weighted by Crippen LogP contribution is -2.40. The third-order valence-electron chi connectivity index (χ3n) is 7.96. The standard InChI is InChI=1S/C29H34FN3O3/c30-27-18-22(6-9-28(27)32-14-11-23(19-32)31-12-2-1-3-13-31)33-15-10-21-17-24(7-8-26(21)29(33)34)36-20-25-5-4-16-35-25/h6-10,15,17-18,23,25H,1-5,11-14,16,19-20H2/t23?,25-/m1/s1. The molecule has 7 heteroatoms. The monoisotopic (exact) mass is 491 g/mol. The van der Waals surface area contributed by atoms with E-state index < -0.39 is 0 Å². The van der Waals surface area contributed by atoms with Crippen LogP contribution in [0.1, 0.15) is 38.5 Å². The summed E-state index contributed by atoms with van der Waals surface area (Å²) in [5.74, 6) is 0.440. The van der Waals surface area contributed by atoms with Crippen molar-refractivity contribution in [2.75, 3.05) is 44.3 Å². The minimum absolute atomic E-state index is 0.141. The van der Waals surface area contributed by atoms with Gasteiger partial charge in [-0.2, -0.15) is 0 Å². The lowest BCUT2D eigenvalue weighted by atomic mass is 10.1. The maximum atomic E-state index is 15.3. The van der Waals surface area contributed by atoms with Crippen molar-refractivity contribution in [3.8, 4) is 11.4 Å². The van der Waals surface area contributed by atoms with Crippen LogP contribution in [0.4, 0.5) is 10.1 Å². The Morgan fingerprint density at radius 3 is 2.67 bits per heavy atom. The van der Waals surface area contributed by atoms with Crippen LogP contribution >= 0.6 is 0 Å². The van der Waals surface area contributed by atoms with Gasteiger partial charge in [-0.1, -0.05) is 6.42 Å². The molecule has 3 saturated heterocycles. The lowest BCUT2D eigenvalue weighted by molar-refractivity contribution is 0.0680. The summed E-state index contributed by atoms with van der Waals surface area (Å²) in [4.78, 5) is 18.0. The number of ether oxygens (including phenoxy) is 2. The van der Waals surface area contributed by atoms with Crippen LogP contribution in [0.2, 0.25) is 0 Å². The van der Waals surface area contributed by atoms with Gasteiger partial charge in [0.05, 0.1) is 17.5 Å². The number of halogens is 1. The number of nitrogens with zero attached hydrogens (tertiary/aromatic N) is 3. The van der Waals surface area contributed by atoms with Crippen LogP contribution in [0.15, 0.2) is 53.5 Å². The van der Waals surface area contributed by atoms with Gasteiger partial charge in [-0.05, 0) is 87.0 Å². The second-order valence-corrected chi connectivity index (χ2v) is 10.3. The summed E-state index contributed by atoms with van der Waals surface area (Å²) in [5, 5.41) is 1.38. The molecule has 2 atom stereocenters. The molecule has 0 amide bonds. The molecule has 1 unspecified atom stereocenters. The second-order valence-electron chi connectivity index (χ2n) is 10.3. The molecule has 3 fully saturated rings. The number of piperidine rings is 1. The molecule has 0 aliphatic carbocycles. The van der Waals surface area contributed by atoms with Gasteiger partial charge in [0.2, 0.25) is 0 Å². The Balaban J connectivity index is 1.18. The summed E-state index contributed by atoms with van der Waals surface area (Å²) >= 11 is 0. The first-order valence-electron chi connectivity index (χ1n) is 13.3. The van der Waals surface area contributed by atoms with Crippen molar-refractivity contribution in [3.63, 3.8) is 0 Å². The number of anilines is 1. The van der Waals surface area contributed by atoms with Crippen LogP contribution in [-0.4, -0.2) is 61.0 Å². The van der Waals surface area contributed by atoms with Crippen molar-refractivity contribution in [1.82, 2.24) is 9.47 Å². The first-order valence-corrected chi connectivity index (χ1v) is 13.3. The van der Waals surface area contributed by atoms with Gasteiger partial charge < -0.3 is 14.4 Å². The van der Waals surface area contributed by atoms with Gasteiger partial charge in [0.25, 0.3) is 5.56 Å². The van der Waals surface area contributed by atoms with E-state index in [1.165, 1.54) is 29.9 Å². The van der Waals surface area contributed by atoms with E-state index >= 15 is 4.39 Å². The van der Waals surface area contributed by atoms with E-state index in [-0.39, 0.29) is 17.5 Å². The summed E-state index contributed by atoms with van der Waals surface area (Å²) in [7, 11) is 0. The number of hydrogen-bond donors (Lipinski definition) is 0. The Hall–Kier alpha value is -2.90. The van der Waals surface area contributed by atoms with Gasteiger partial charge in [0, 0.05) is 43.4 Å². The van der Waals surface area contributed by atoms with E-state index in [2.05, 4.69) is 9.80 Å². The van der Waals surface area contributed by atoms with Crippen LogP contribution in [0, 0.1) is 5.82 Å². The molecule has 3 aliphatic rings. The quantitative estimate of drug-likeness (QED) is 0.498. The van der Waals surface area contributed by atoms with Crippen molar-refractivity contribution < 1.29 is 13.9 Å². The minimum atomic E-state index is -0.281. The molecule has 4 heterocycles. The SMILES string of the molecule is O=c1c2ccc(OC[C@H]3CCCO3)cc2ccn1-c1ccc(N2CCC(N3CCCCC3)C2)c(F)c1. The van der Waals surface area contributed by atoms with Crippen LogP contribution < -0.4 is 15.2 Å². The number of aromatic nitrogens is 1. The highest BCUT2D eigenvalue weighted by atomic mass is 19.1. The zero-order chi connectivity index (χ0) is 24.5. The first-order chi connectivity index (χ1) is 17.7. The highest BCUT2D eigenvalue weighted by Crippen LogP contribution is 2.29. The van der Waals surface area contributed by atoms with Crippen molar-refractivity contribution >= 4 is 16.5 Å². The number of fused-ring (bicyclic) bond motifs is 1. The highest BCUT2D eigenvalue weighted by molar-refractivity contribution is 5.83. The number of hydrogen-bond acceptors (Lipinski definition) is 5. The number of rotatable bonds is 6. The molecule has 6 rings (SSSR count). The number of pyridine rings is 1. The smallest absolute Gasteiger partial charge is 0.262 e. The molecule has 0 spiro atoms. The molecule has 0 N–H and O–H groups in total. The van der Waals surface area contributed by atoms with Crippen LogP contribution in [0.5, 0.6) is 5.75 Å². The van der Waals surface area contributed by atoms with Crippen LogP contribution in [0.25, 0.3) is 16.5 Å². The fourth-order valence-electron chi connectivity index (χ4n) is 5.93. The van der Waals surface area contributed by atoms with Crippen molar-refractivity contribution in [2.24, 2.45) is 0 Å². The van der Waals surface area contributed by atoms with Crippen LogP contribution in [-0.2, 0) is 4.74 Å². The lowest BCUT2D eigenvalue weighted by Gasteiger charge is -2.32. The molecular weight excluding hydrogens is 457 g/mol. The molecule has 1 aromatic heterocycles. The van der Waals surface area contributed by atoms with E-state index in [1.54, 1.807) is 12.3 Å². The van der Waals surface area contributed by atoms with Crippen molar-refractivity contribution in [2.45, 2.75) is 50.7 Å². The fraction of sp³-hybridized carbons (Fsp3) is 0.483. The van der Waals surface area contributed by atoms with Crippen LogP contribution in [0.3, 0.4) is 0 Å². The maximum Gasteiger partial charge on any atom is 0.262 e. The Bertz CT molecular complexity index is 1280. The molecule has 0 saturated carbocycles.